The van der Waals surface area contributed by atoms with Gasteiger partial charge in [-0.3, -0.25) is 9.36 Å². The number of carbonyl (C=O) groups excluding carboxylic acids is 1. The topological polar surface area (TPSA) is 84.9 Å². The van der Waals surface area contributed by atoms with Gasteiger partial charge >= 0.3 is 7.60 Å². The lowest BCUT2D eigenvalue weighted by molar-refractivity contribution is -0.122. The van der Waals surface area contributed by atoms with Crippen LogP contribution in [0.5, 0.6) is 0 Å². The van der Waals surface area contributed by atoms with Crippen LogP contribution in [-0.2, 0) is 18.6 Å². The maximum absolute atomic E-state index is 12.4. The molecular formula is C30H28NO5P. The average Bonchev–Trinajstić information content (AvgIpc) is 2.88. The summed E-state index contributed by atoms with van der Waals surface area (Å²) in [6.07, 6.45) is 0.580. The Hall–Kier alpha value is -3.46. The van der Waals surface area contributed by atoms with Crippen molar-refractivity contribution in [1.82, 2.24) is 5.32 Å². The van der Waals surface area contributed by atoms with Crippen LogP contribution in [0.3, 0.4) is 0 Å². The first-order chi connectivity index (χ1) is 17.9. The third-order valence-corrected chi connectivity index (χ3v) is 7.10. The van der Waals surface area contributed by atoms with Crippen molar-refractivity contribution in [1.29, 1.82) is 0 Å². The molecule has 0 fully saturated rings. The summed E-state index contributed by atoms with van der Waals surface area (Å²) in [5, 5.41) is 12.5. The zero-order valence-electron chi connectivity index (χ0n) is 20.8. The van der Waals surface area contributed by atoms with Crippen LogP contribution in [0.1, 0.15) is 18.4 Å². The zero-order chi connectivity index (χ0) is 26.0. The van der Waals surface area contributed by atoms with Gasteiger partial charge in [0.1, 0.15) is 0 Å². The second-order valence-electron chi connectivity index (χ2n) is 9.22. The molecule has 37 heavy (non-hydrogen) atoms. The van der Waals surface area contributed by atoms with Gasteiger partial charge < -0.3 is 19.5 Å². The number of hydrogen-bond donors (Lipinski definition) is 2. The fourth-order valence-corrected chi connectivity index (χ4v) is 5.41. The molecule has 0 aliphatic rings. The van der Waals surface area contributed by atoms with E-state index in [0.29, 0.717) is 6.42 Å². The van der Waals surface area contributed by atoms with Crippen molar-refractivity contribution in [3.8, 4) is 11.8 Å². The van der Waals surface area contributed by atoms with E-state index >= 15 is 0 Å². The molecule has 0 saturated heterocycles. The van der Waals surface area contributed by atoms with E-state index in [1.165, 1.54) is 44.8 Å². The molecule has 0 bridgehead atoms. The van der Waals surface area contributed by atoms with Gasteiger partial charge in [-0.25, -0.2) is 0 Å². The average molecular weight is 514 g/mol. The van der Waals surface area contributed by atoms with E-state index in [1.807, 2.05) is 0 Å². The van der Waals surface area contributed by atoms with E-state index in [-0.39, 0.29) is 25.5 Å². The Bertz CT molecular complexity index is 1660. The van der Waals surface area contributed by atoms with E-state index in [2.05, 4.69) is 83.9 Å². The summed E-state index contributed by atoms with van der Waals surface area (Å²) < 4.78 is 21.4. The molecule has 1 unspecified atom stereocenters. The Balaban J connectivity index is 1.38. The highest BCUT2D eigenvalue weighted by Gasteiger charge is 2.18. The largest absolute Gasteiger partial charge is 0.382 e. The van der Waals surface area contributed by atoms with Crippen molar-refractivity contribution in [2.75, 3.05) is 27.0 Å². The lowest BCUT2D eigenvalue weighted by Crippen LogP contribution is -2.41. The zero-order valence-corrected chi connectivity index (χ0v) is 21.7. The minimum Gasteiger partial charge on any atom is -0.382 e. The molecule has 0 aliphatic carbocycles. The van der Waals surface area contributed by atoms with Crippen LogP contribution < -0.4 is 5.32 Å². The van der Waals surface area contributed by atoms with Crippen LogP contribution >= 0.6 is 7.60 Å². The molecule has 0 heterocycles. The van der Waals surface area contributed by atoms with Gasteiger partial charge in [0.05, 0.1) is 19.3 Å². The Kier molecular flexibility index (Phi) is 7.15. The monoisotopic (exact) mass is 513 g/mol. The molecule has 0 aromatic heterocycles. The number of amides is 1. The van der Waals surface area contributed by atoms with Gasteiger partial charge in [-0.2, -0.15) is 0 Å². The van der Waals surface area contributed by atoms with Gasteiger partial charge in [0, 0.05) is 32.2 Å². The van der Waals surface area contributed by atoms with Crippen molar-refractivity contribution >= 4 is 56.6 Å². The molecule has 7 heteroatoms. The van der Waals surface area contributed by atoms with Crippen LogP contribution in [0.4, 0.5) is 0 Å². The maximum atomic E-state index is 12.4. The van der Waals surface area contributed by atoms with Gasteiger partial charge in [-0.15, -0.1) is 0 Å². The quantitative estimate of drug-likeness (QED) is 0.118. The molecule has 0 saturated carbocycles. The summed E-state index contributed by atoms with van der Waals surface area (Å²) in [7, 11) is -2.14. The first kappa shape index (κ1) is 25.2. The third-order valence-electron chi connectivity index (χ3n) is 6.47. The summed E-state index contributed by atoms with van der Waals surface area (Å²) >= 11 is 0. The summed E-state index contributed by atoms with van der Waals surface area (Å²) in [5.74, 6) is 6.19. The Morgan fingerprint density at radius 1 is 0.919 bits per heavy atom. The summed E-state index contributed by atoms with van der Waals surface area (Å²) in [4.78, 5) is 21.7. The first-order valence-electron chi connectivity index (χ1n) is 12.2. The van der Waals surface area contributed by atoms with Crippen molar-refractivity contribution < 1.29 is 23.5 Å². The molecule has 5 aromatic carbocycles. The molecule has 0 radical (unpaired) electrons. The Labute approximate surface area is 215 Å². The molecule has 5 aromatic rings. The number of carbonyl (C=O) groups is 1. The first-order valence-corrected chi connectivity index (χ1v) is 14.2. The van der Waals surface area contributed by atoms with Crippen LogP contribution in [0.15, 0.2) is 66.7 Å². The predicted molar refractivity (Wildman–Crippen MR) is 149 cm³/mol. The second kappa shape index (κ2) is 10.5. The highest BCUT2D eigenvalue weighted by Crippen LogP contribution is 2.40. The van der Waals surface area contributed by atoms with Gasteiger partial charge in [0.15, 0.2) is 0 Å². The maximum Gasteiger partial charge on any atom is 0.325 e. The number of hydrogen-bond acceptors (Lipinski definition) is 4. The van der Waals surface area contributed by atoms with Crippen LogP contribution in [0.25, 0.3) is 43.1 Å². The molecule has 6 nitrogen and oxygen atoms in total. The third kappa shape index (κ3) is 5.32. The van der Waals surface area contributed by atoms with E-state index in [0.717, 1.165) is 17.6 Å². The number of rotatable bonds is 8. The van der Waals surface area contributed by atoms with E-state index in [1.54, 1.807) is 0 Å². The number of nitrogens with one attached hydrogen (secondary N) is 1. The highest BCUT2D eigenvalue weighted by atomic mass is 31.2. The van der Waals surface area contributed by atoms with Crippen molar-refractivity contribution in [3.63, 3.8) is 0 Å². The smallest absolute Gasteiger partial charge is 0.325 e. The van der Waals surface area contributed by atoms with Gasteiger partial charge in [-0.05, 0) is 49.2 Å². The molecule has 0 spiro atoms. The molecule has 5 rings (SSSR count). The van der Waals surface area contributed by atoms with Crippen molar-refractivity contribution in [2.45, 2.75) is 18.9 Å². The fourth-order valence-electron chi connectivity index (χ4n) is 4.95. The fraction of sp³-hybridized carbons (Fsp3) is 0.233. The van der Waals surface area contributed by atoms with Crippen molar-refractivity contribution in [2.24, 2.45) is 0 Å². The van der Waals surface area contributed by atoms with E-state index < -0.39 is 13.6 Å². The molecule has 2 atom stereocenters. The minimum absolute atomic E-state index is 0.104. The van der Waals surface area contributed by atoms with Gasteiger partial charge in [-0.1, -0.05) is 72.5 Å². The molecule has 1 amide bonds. The molecule has 188 valence electrons. The number of methoxy groups -OCH3 is 1. The second-order valence-corrected chi connectivity index (χ2v) is 11.1. The molecular weight excluding hydrogens is 485 g/mol. The lowest BCUT2D eigenvalue weighted by Gasteiger charge is -2.18. The standard InChI is InChI=1S/C30H28NO5P/c1-35-18-22(19-36-37(2,33)34)31-28(32)15-4-3-8-20-16-17-27-25-13-6-10-21-9-5-12-24(29(21)25)26-14-7-11-23(20)30(26)27/h5-7,9-14,16-17,22H,4,15,18-19H2,1-2H3,(H,31,32)(H,33,34)/t22-/m0/s1. The summed E-state index contributed by atoms with van der Waals surface area (Å²) in [6, 6.07) is 22.9. The van der Waals surface area contributed by atoms with Crippen molar-refractivity contribution in [3.05, 3.63) is 72.3 Å². The number of fused-ring (bicyclic) bond motifs is 2. The van der Waals surface area contributed by atoms with Gasteiger partial charge in [0.2, 0.25) is 5.91 Å². The minimum atomic E-state index is -3.63. The lowest BCUT2D eigenvalue weighted by atomic mass is 9.88. The van der Waals surface area contributed by atoms with Crippen LogP contribution in [0, 0.1) is 11.8 Å². The number of benzene rings is 5. The summed E-state index contributed by atoms with van der Waals surface area (Å²) in [6.45, 7) is 1.18. The highest BCUT2D eigenvalue weighted by molar-refractivity contribution is 7.51. The van der Waals surface area contributed by atoms with E-state index in [4.69, 9.17) is 9.26 Å². The summed E-state index contributed by atoms with van der Waals surface area (Å²) in [5.41, 5.74) is 0.930. The van der Waals surface area contributed by atoms with E-state index in [9.17, 15) is 14.3 Å². The molecule has 2 N–H and O–H groups in total. The SMILES string of the molecule is COC[C@@H](COP(C)(=O)O)NC(=O)CCC#Cc1ccc2c3cccc4cccc(c5cccc1c52)c43. The Morgan fingerprint density at radius 3 is 2.22 bits per heavy atom. The van der Waals surface area contributed by atoms with Gasteiger partial charge in [0.25, 0.3) is 0 Å². The van der Waals surface area contributed by atoms with Crippen LogP contribution in [0.2, 0.25) is 0 Å². The molecule has 0 aliphatic heterocycles. The Morgan fingerprint density at radius 2 is 1.54 bits per heavy atom. The number of ether oxygens (including phenoxy) is 1. The normalized spacial score (nSPS) is 14.0. The van der Waals surface area contributed by atoms with Crippen LogP contribution in [-0.4, -0.2) is 43.8 Å². The predicted octanol–water partition coefficient (Wildman–Crippen LogP) is 5.83.